The average molecular weight is 1590 g/mol. The molecule has 113 heavy (non-hydrogen) atoms. The quantitative estimate of drug-likeness (QED) is 0.0111. The number of aromatic amines is 2. The number of aliphatic imine (C=N–C) groups is 3. The van der Waals surface area contributed by atoms with E-state index in [1.807, 2.05) is 18.2 Å². The van der Waals surface area contributed by atoms with Gasteiger partial charge in [0.2, 0.25) is 65.0 Å². The van der Waals surface area contributed by atoms with Gasteiger partial charge in [0, 0.05) is 66.7 Å². The number of carboxylic acids is 2. The van der Waals surface area contributed by atoms with E-state index >= 15 is 0 Å². The second kappa shape index (κ2) is 48.1. The van der Waals surface area contributed by atoms with Gasteiger partial charge in [-0.05, 0) is 132 Å². The number of nitrogens with zero attached hydrogens (tertiary/aromatic N) is 3. The molecule has 0 saturated heterocycles. The molecule has 0 aliphatic rings. The summed E-state index contributed by atoms with van der Waals surface area (Å²) in [5, 5.41) is 60.7. The Bertz CT molecular complexity index is 3940. The Morgan fingerprint density at radius 1 is 0.381 bits per heavy atom. The molecule has 4 rings (SSSR count). The lowest BCUT2D eigenvalue weighted by molar-refractivity contribution is -0.143. The van der Waals surface area contributed by atoms with Gasteiger partial charge in [0.1, 0.15) is 66.5 Å². The number of benzene rings is 2. The van der Waals surface area contributed by atoms with Crippen LogP contribution in [0.4, 0.5) is 0 Å². The monoisotopic (exact) mass is 1590 g/mol. The minimum Gasteiger partial charge on any atom is -0.481 e. The van der Waals surface area contributed by atoms with Gasteiger partial charge in [-0.2, -0.15) is 0 Å². The number of rotatable bonds is 52. The molecular formula is C72H115N25O16. The van der Waals surface area contributed by atoms with Crippen molar-refractivity contribution in [3.8, 4) is 0 Å². The second-order valence-corrected chi connectivity index (χ2v) is 27.9. The van der Waals surface area contributed by atoms with Crippen LogP contribution < -0.4 is 110 Å². The first kappa shape index (κ1) is 93.7. The Morgan fingerprint density at radius 3 is 1.06 bits per heavy atom. The van der Waals surface area contributed by atoms with Crippen LogP contribution in [0, 0.1) is 11.8 Å². The molecule has 0 aliphatic carbocycles. The number of carboxylic acid groups (broad SMARTS) is 2. The molecule has 624 valence electrons. The molecule has 34 N–H and O–H groups in total. The van der Waals surface area contributed by atoms with Crippen molar-refractivity contribution in [1.29, 1.82) is 0 Å². The van der Waals surface area contributed by atoms with Crippen molar-refractivity contribution in [1.82, 2.24) is 68.5 Å². The Balaban J connectivity index is 1.63. The molecule has 0 spiro atoms. The van der Waals surface area contributed by atoms with Crippen LogP contribution in [-0.2, 0) is 75.2 Å². The summed E-state index contributed by atoms with van der Waals surface area (Å²) in [6.45, 7) is 6.97. The van der Waals surface area contributed by atoms with Crippen molar-refractivity contribution in [3.63, 3.8) is 0 Å². The normalized spacial score (nSPS) is 14.4. The predicted molar refractivity (Wildman–Crippen MR) is 421 cm³/mol. The molecule has 0 fully saturated rings. The molecule has 11 amide bonds. The molecular weight excluding hydrogens is 1470 g/mol. The SMILES string of the molecule is CC(C)[C@H](NC(=O)[C@H](CCCCN)NC(=O)[C@H](CC(=O)O)NC(=O)[C@@H](NC(=O)[C@@H](NC(=O)[C@H](CCCN=C(N)N)NC(=O)[C@H](CCCN=C(N)N)NC(=O)[C@H](Cc1c[nH]c2ccccc12)NC(=O)[C@H](Cc1c[nH]c2ccccc12)NC(=O)CN)[C@@H](C)O)C(C)C)C(=O)N[C@@H](CCCN=C(N)N)C(=O)N[C@@H](CCCCN)C(=O)O. The van der Waals surface area contributed by atoms with E-state index in [2.05, 4.69) is 83.4 Å². The Morgan fingerprint density at radius 2 is 0.690 bits per heavy atom. The molecule has 0 bridgehead atoms. The number of unbranched alkanes of at least 4 members (excludes halogenated alkanes) is 2. The van der Waals surface area contributed by atoms with E-state index in [0.717, 1.165) is 17.8 Å². The number of carbonyl (C=O) groups is 13. The molecule has 2 aromatic heterocycles. The highest BCUT2D eigenvalue weighted by Gasteiger charge is 2.39. The van der Waals surface area contributed by atoms with Gasteiger partial charge < -0.3 is 135 Å². The topological polar surface area (TPSA) is 718 Å². The maximum absolute atomic E-state index is 15.0. The van der Waals surface area contributed by atoms with E-state index in [4.69, 9.17) is 51.6 Å². The van der Waals surface area contributed by atoms with Crippen LogP contribution in [0.25, 0.3) is 21.8 Å². The first-order valence-electron chi connectivity index (χ1n) is 37.4. The van der Waals surface area contributed by atoms with Crippen LogP contribution in [0.1, 0.15) is 129 Å². The van der Waals surface area contributed by atoms with Crippen LogP contribution in [0.3, 0.4) is 0 Å². The molecule has 0 aliphatic heterocycles. The van der Waals surface area contributed by atoms with Crippen molar-refractivity contribution in [3.05, 3.63) is 72.1 Å². The fourth-order valence-corrected chi connectivity index (χ4v) is 12.0. The lowest BCUT2D eigenvalue weighted by Crippen LogP contribution is -2.63. The van der Waals surface area contributed by atoms with E-state index in [0.29, 0.717) is 41.3 Å². The number of fused-ring (bicyclic) bond motifs is 2. The summed E-state index contributed by atoms with van der Waals surface area (Å²) in [5.41, 5.74) is 53.2. The molecule has 12 atom stereocenters. The number of hydrogen-bond acceptors (Lipinski definition) is 20. The van der Waals surface area contributed by atoms with Crippen LogP contribution in [0.2, 0.25) is 0 Å². The van der Waals surface area contributed by atoms with Gasteiger partial charge in [0.25, 0.3) is 0 Å². The minimum absolute atomic E-state index is 0.0138. The summed E-state index contributed by atoms with van der Waals surface area (Å²) in [4.78, 5) is 200. The Kier molecular flexibility index (Phi) is 39.9. The summed E-state index contributed by atoms with van der Waals surface area (Å²) < 4.78 is 0. The van der Waals surface area contributed by atoms with Crippen molar-refractivity contribution >= 4 is 117 Å². The first-order chi connectivity index (χ1) is 53.6. The number of nitrogens with one attached hydrogen (secondary N) is 13. The summed E-state index contributed by atoms with van der Waals surface area (Å²) >= 11 is 0. The van der Waals surface area contributed by atoms with Gasteiger partial charge >= 0.3 is 11.9 Å². The Labute approximate surface area is 653 Å². The van der Waals surface area contributed by atoms with Gasteiger partial charge in [-0.3, -0.25) is 72.5 Å². The van der Waals surface area contributed by atoms with Gasteiger partial charge in [0.15, 0.2) is 17.9 Å². The number of guanidine groups is 3. The van der Waals surface area contributed by atoms with Gasteiger partial charge in [-0.1, -0.05) is 64.1 Å². The fourth-order valence-electron chi connectivity index (χ4n) is 12.0. The number of aliphatic hydroxyl groups is 1. The van der Waals surface area contributed by atoms with Crippen LogP contribution in [0.15, 0.2) is 75.9 Å². The molecule has 2 heterocycles. The maximum Gasteiger partial charge on any atom is 0.326 e. The van der Waals surface area contributed by atoms with Crippen LogP contribution in [-0.4, -0.2) is 232 Å². The van der Waals surface area contributed by atoms with E-state index < -0.39 is 174 Å². The zero-order valence-corrected chi connectivity index (χ0v) is 64.4. The summed E-state index contributed by atoms with van der Waals surface area (Å²) in [6.07, 6.45) is 1.03. The van der Waals surface area contributed by atoms with Crippen LogP contribution in [0.5, 0.6) is 0 Å². The third-order valence-electron chi connectivity index (χ3n) is 18.1. The third-order valence-corrected chi connectivity index (χ3v) is 18.1. The molecule has 4 aromatic rings. The van der Waals surface area contributed by atoms with Gasteiger partial charge in [0.05, 0.1) is 19.1 Å². The summed E-state index contributed by atoms with van der Waals surface area (Å²) in [7, 11) is 0. The lowest BCUT2D eigenvalue weighted by Gasteiger charge is -2.30. The maximum atomic E-state index is 15.0. The average Bonchev–Trinajstić information content (AvgIpc) is 1.71. The predicted octanol–water partition coefficient (Wildman–Crippen LogP) is -5.60. The highest BCUT2D eigenvalue weighted by molar-refractivity contribution is 6.01. The molecule has 0 radical (unpaired) electrons. The molecule has 0 unspecified atom stereocenters. The van der Waals surface area contributed by atoms with Crippen molar-refractivity contribution in [2.75, 3.05) is 39.3 Å². The van der Waals surface area contributed by atoms with Crippen molar-refractivity contribution in [2.24, 2.45) is 78.4 Å². The standard InChI is InChI=1S/C72H115N25O16/c1-37(2)56(66(109)91-48(24-15-29-83-71(78)79)60(103)92-50(69(112)113)22-11-13-27-74)95-61(104)46(21-10-12-26-73)89-65(108)53(33-55(100)101)94-67(110)57(38(3)4)96-68(111)58(39(5)98)97-62(105)49(25-16-30-84-72(80)81)88-59(102)47(23-14-28-82-70(76)77)90-64(107)52(32-41-36-86-45-20-9-7-18-43(41)45)93-63(106)51(87-54(99)34-75)31-40-35-85-44-19-8-6-17-42(40)44/h6-9,17-20,35-39,46-53,56-58,85-86,98H,10-16,21-34,73-75H2,1-5H3,(H,87,99)(H,88,102)(H,89,108)(H,90,107)(H,91,109)(H,92,103)(H,93,106)(H,94,110)(H,95,104)(H,96,111)(H,97,105)(H,100,101)(H,112,113)(H4,76,77,82)(H4,78,79,83)(H4,80,81,84)/t39-,46+,47+,48+,49+,50+,51+,52+,53+,56+,57+,58+/m1/s1. The zero-order chi connectivity index (χ0) is 84.0. The zero-order valence-electron chi connectivity index (χ0n) is 64.4. The number of nitrogens with two attached hydrogens (primary N) is 9. The number of hydrogen-bond donors (Lipinski definition) is 25. The van der Waals surface area contributed by atoms with E-state index in [1.165, 1.54) is 13.8 Å². The molecule has 41 heteroatoms. The number of carbonyl (C=O) groups excluding carboxylic acids is 11. The highest BCUT2D eigenvalue weighted by Crippen LogP contribution is 2.22. The molecule has 2 aromatic carbocycles. The van der Waals surface area contributed by atoms with E-state index in [9.17, 15) is 77.6 Å². The molecule has 0 saturated carbocycles. The Hall–Kier alpha value is -11.7. The number of para-hydroxylation sites is 2. The fraction of sp³-hybridized carbons (Fsp3) is 0.556. The minimum atomic E-state index is -1.97. The van der Waals surface area contributed by atoms with Gasteiger partial charge in [-0.15, -0.1) is 0 Å². The van der Waals surface area contributed by atoms with E-state index in [1.54, 1.807) is 56.6 Å². The first-order valence-corrected chi connectivity index (χ1v) is 37.4. The molecule has 41 nitrogen and oxygen atoms in total. The largest absolute Gasteiger partial charge is 0.481 e. The number of H-pyrrole nitrogens is 2. The number of aromatic nitrogens is 2. The van der Waals surface area contributed by atoms with E-state index in [-0.39, 0.29) is 121 Å². The van der Waals surface area contributed by atoms with Crippen molar-refractivity contribution < 1.29 is 77.6 Å². The number of aliphatic carboxylic acids is 2. The van der Waals surface area contributed by atoms with Crippen molar-refractivity contribution in [2.45, 2.75) is 203 Å². The lowest BCUT2D eigenvalue weighted by atomic mass is 10.00. The van der Waals surface area contributed by atoms with Crippen LogP contribution >= 0.6 is 0 Å². The smallest absolute Gasteiger partial charge is 0.326 e. The number of amides is 11. The second-order valence-electron chi connectivity index (χ2n) is 27.9. The summed E-state index contributed by atoms with van der Waals surface area (Å²) in [6, 6.07) is -2.78. The third kappa shape index (κ3) is 32.3. The summed E-state index contributed by atoms with van der Waals surface area (Å²) in [5.74, 6) is -16.2. The number of aliphatic hydroxyl groups excluding tert-OH is 1. The highest BCUT2D eigenvalue weighted by atomic mass is 16.4. The van der Waals surface area contributed by atoms with Gasteiger partial charge in [-0.25, -0.2) is 4.79 Å².